The maximum atomic E-state index is 10.8. The molecule has 0 aromatic heterocycles. The van der Waals surface area contributed by atoms with Gasteiger partial charge in [-0.2, -0.15) is 0 Å². The van der Waals surface area contributed by atoms with Crippen molar-refractivity contribution in [2.45, 2.75) is 18.9 Å². The average Bonchev–Trinajstić information content (AvgIpc) is 2.37. The molecular weight excluding hydrogens is 375 g/mol. The summed E-state index contributed by atoms with van der Waals surface area (Å²) in [6.07, 6.45) is 0.345. The summed E-state index contributed by atoms with van der Waals surface area (Å²) in [4.78, 5) is 0. The van der Waals surface area contributed by atoms with Crippen LogP contribution in [0.3, 0.4) is 0 Å². The first-order valence-electron chi connectivity index (χ1n) is 6.34. The standard InChI is InChI=1S/C16H15BrCl2O2/c1-16(20,13-5-3-11(17)8-14(13)19)9-10-7-12(18)4-6-15(10)21-2/h3-8,20H,9H2,1-2H3. The number of methoxy groups -OCH3 is 1. The van der Waals surface area contributed by atoms with E-state index in [0.717, 1.165) is 10.0 Å². The summed E-state index contributed by atoms with van der Waals surface area (Å²) in [5.41, 5.74) is 0.360. The minimum absolute atomic E-state index is 0.345. The summed E-state index contributed by atoms with van der Waals surface area (Å²) in [7, 11) is 1.59. The van der Waals surface area contributed by atoms with Crippen LogP contribution in [0, 0.1) is 0 Å². The third-order valence-corrected chi connectivity index (χ3v) is 4.33. The first-order chi connectivity index (χ1) is 9.83. The van der Waals surface area contributed by atoms with Gasteiger partial charge in [-0.15, -0.1) is 0 Å². The van der Waals surface area contributed by atoms with Crippen LogP contribution >= 0.6 is 39.1 Å². The fourth-order valence-electron chi connectivity index (χ4n) is 2.28. The zero-order chi connectivity index (χ0) is 15.6. The molecule has 2 nitrogen and oxygen atoms in total. The SMILES string of the molecule is COc1ccc(Cl)cc1CC(C)(O)c1ccc(Br)cc1Cl. The summed E-state index contributed by atoms with van der Waals surface area (Å²) < 4.78 is 6.19. The Hall–Kier alpha value is -0.740. The summed E-state index contributed by atoms with van der Waals surface area (Å²) in [6, 6.07) is 10.8. The van der Waals surface area contributed by atoms with Gasteiger partial charge in [0.25, 0.3) is 0 Å². The van der Waals surface area contributed by atoms with E-state index in [1.807, 2.05) is 12.1 Å². The Bertz CT molecular complexity index is 657. The first-order valence-corrected chi connectivity index (χ1v) is 7.89. The van der Waals surface area contributed by atoms with E-state index in [-0.39, 0.29) is 0 Å². The lowest BCUT2D eigenvalue weighted by Crippen LogP contribution is -2.25. The molecule has 21 heavy (non-hydrogen) atoms. The monoisotopic (exact) mass is 388 g/mol. The lowest BCUT2D eigenvalue weighted by Gasteiger charge is -2.26. The van der Waals surface area contributed by atoms with Gasteiger partial charge in [0.15, 0.2) is 0 Å². The molecule has 0 bridgehead atoms. The fraction of sp³-hybridized carbons (Fsp3) is 0.250. The highest BCUT2D eigenvalue weighted by molar-refractivity contribution is 9.10. The van der Waals surface area contributed by atoms with Crippen molar-refractivity contribution < 1.29 is 9.84 Å². The van der Waals surface area contributed by atoms with E-state index in [0.29, 0.717) is 27.8 Å². The highest BCUT2D eigenvalue weighted by Crippen LogP contribution is 2.35. The van der Waals surface area contributed by atoms with Gasteiger partial charge in [-0.25, -0.2) is 0 Å². The van der Waals surface area contributed by atoms with Crippen molar-refractivity contribution in [1.82, 2.24) is 0 Å². The lowest BCUT2D eigenvalue weighted by molar-refractivity contribution is 0.0571. The third-order valence-electron chi connectivity index (χ3n) is 3.29. The van der Waals surface area contributed by atoms with Gasteiger partial charge in [0, 0.05) is 26.5 Å². The van der Waals surface area contributed by atoms with Gasteiger partial charge < -0.3 is 9.84 Å². The van der Waals surface area contributed by atoms with Gasteiger partial charge in [-0.3, -0.25) is 0 Å². The molecule has 1 N–H and O–H groups in total. The van der Waals surface area contributed by atoms with Crippen LogP contribution in [0.25, 0.3) is 0 Å². The molecule has 1 unspecified atom stereocenters. The van der Waals surface area contributed by atoms with Gasteiger partial charge in [-0.05, 0) is 42.8 Å². The van der Waals surface area contributed by atoms with Crippen LogP contribution in [-0.2, 0) is 12.0 Å². The molecule has 0 aliphatic rings. The van der Waals surface area contributed by atoms with E-state index in [1.165, 1.54) is 0 Å². The topological polar surface area (TPSA) is 29.5 Å². The Kier molecular flexibility index (Phi) is 5.20. The zero-order valence-corrected chi connectivity index (χ0v) is 14.8. The summed E-state index contributed by atoms with van der Waals surface area (Å²) in [5, 5.41) is 11.9. The molecule has 2 aromatic carbocycles. The Morgan fingerprint density at radius 2 is 1.90 bits per heavy atom. The molecule has 2 aromatic rings. The van der Waals surface area contributed by atoms with Crippen LogP contribution in [0.5, 0.6) is 5.75 Å². The van der Waals surface area contributed by atoms with Crippen LogP contribution < -0.4 is 4.74 Å². The molecule has 0 heterocycles. The molecule has 0 spiro atoms. The van der Waals surface area contributed by atoms with Gasteiger partial charge in [0.1, 0.15) is 5.75 Å². The van der Waals surface area contributed by atoms with E-state index in [9.17, 15) is 5.11 Å². The maximum absolute atomic E-state index is 10.8. The van der Waals surface area contributed by atoms with Crippen molar-refractivity contribution in [3.05, 3.63) is 62.0 Å². The maximum Gasteiger partial charge on any atom is 0.122 e. The van der Waals surface area contributed by atoms with Crippen LogP contribution in [0.4, 0.5) is 0 Å². The van der Waals surface area contributed by atoms with E-state index in [4.69, 9.17) is 27.9 Å². The molecule has 0 saturated heterocycles. The second-order valence-corrected chi connectivity index (χ2v) is 6.79. The quantitative estimate of drug-likeness (QED) is 0.777. The molecular formula is C16H15BrCl2O2. The van der Waals surface area contributed by atoms with E-state index in [1.54, 1.807) is 38.3 Å². The summed E-state index contributed by atoms with van der Waals surface area (Å²) in [5.74, 6) is 0.688. The van der Waals surface area contributed by atoms with E-state index >= 15 is 0 Å². The van der Waals surface area contributed by atoms with Crippen molar-refractivity contribution in [1.29, 1.82) is 0 Å². The average molecular weight is 390 g/mol. The van der Waals surface area contributed by atoms with Gasteiger partial charge >= 0.3 is 0 Å². The van der Waals surface area contributed by atoms with Crippen LogP contribution in [0.1, 0.15) is 18.1 Å². The predicted molar refractivity (Wildman–Crippen MR) is 90.4 cm³/mol. The number of halogens is 3. The molecule has 0 amide bonds. The second-order valence-electron chi connectivity index (χ2n) is 5.03. The summed E-state index contributed by atoms with van der Waals surface area (Å²) >= 11 is 15.6. The molecule has 0 saturated carbocycles. The van der Waals surface area contributed by atoms with Crippen LogP contribution in [-0.4, -0.2) is 12.2 Å². The summed E-state index contributed by atoms with van der Waals surface area (Å²) in [6.45, 7) is 1.72. The second kappa shape index (κ2) is 6.57. The number of hydrogen-bond acceptors (Lipinski definition) is 2. The van der Waals surface area contributed by atoms with Crippen LogP contribution in [0.15, 0.2) is 40.9 Å². The number of ether oxygens (including phenoxy) is 1. The van der Waals surface area contributed by atoms with Crippen molar-refractivity contribution >= 4 is 39.1 Å². The minimum Gasteiger partial charge on any atom is -0.496 e. The molecule has 112 valence electrons. The highest BCUT2D eigenvalue weighted by Gasteiger charge is 2.27. The Morgan fingerprint density at radius 1 is 1.19 bits per heavy atom. The fourth-order valence-corrected chi connectivity index (χ4v) is 3.35. The highest BCUT2D eigenvalue weighted by atomic mass is 79.9. The Morgan fingerprint density at radius 3 is 2.52 bits per heavy atom. The normalized spacial score (nSPS) is 13.8. The molecule has 5 heteroatoms. The first kappa shape index (κ1) is 16.6. The molecule has 1 atom stereocenters. The number of hydrogen-bond donors (Lipinski definition) is 1. The van der Waals surface area contributed by atoms with E-state index < -0.39 is 5.60 Å². The Balaban J connectivity index is 2.39. The van der Waals surface area contributed by atoms with Crippen molar-refractivity contribution in [2.75, 3.05) is 7.11 Å². The van der Waals surface area contributed by atoms with Crippen molar-refractivity contribution in [3.8, 4) is 5.75 Å². The van der Waals surface area contributed by atoms with Gasteiger partial charge in [0.05, 0.1) is 12.7 Å². The molecule has 0 aliphatic carbocycles. The molecule has 2 rings (SSSR count). The Labute approximate surface area is 142 Å². The minimum atomic E-state index is -1.13. The zero-order valence-electron chi connectivity index (χ0n) is 11.7. The number of benzene rings is 2. The molecule has 0 fully saturated rings. The predicted octanol–water partition coefficient (Wildman–Crippen LogP) is 5.21. The lowest BCUT2D eigenvalue weighted by atomic mass is 9.88. The number of aliphatic hydroxyl groups is 1. The largest absolute Gasteiger partial charge is 0.496 e. The van der Waals surface area contributed by atoms with Crippen molar-refractivity contribution in [2.24, 2.45) is 0 Å². The van der Waals surface area contributed by atoms with Crippen LogP contribution in [0.2, 0.25) is 10.0 Å². The van der Waals surface area contributed by atoms with Gasteiger partial charge in [-0.1, -0.05) is 45.2 Å². The molecule has 0 aliphatic heterocycles. The number of rotatable bonds is 4. The third kappa shape index (κ3) is 3.92. The smallest absolute Gasteiger partial charge is 0.122 e. The van der Waals surface area contributed by atoms with Crippen molar-refractivity contribution in [3.63, 3.8) is 0 Å². The van der Waals surface area contributed by atoms with Gasteiger partial charge in [0.2, 0.25) is 0 Å². The molecule has 0 radical (unpaired) electrons. The van der Waals surface area contributed by atoms with E-state index in [2.05, 4.69) is 15.9 Å².